The van der Waals surface area contributed by atoms with E-state index in [4.69, 9.17) is 10.4 Å². The molecule has 2 rings (SSSR count). The number of carboxylic acid groups (broad SMARTS) is 1. The smallest absolute Gasteiger partial charge is 0.303 e. The quantitative estimate of drug-likeness (QED) is 0.891. The highest BCUT2D eigenvalue weighted by molar-refractivity contribution is 5.83. The number of hydrogen-bond acceptors (Lipinski definition) is 3. The van der Waals surface area contributed by atoms with Gasteiger partial charge in [-0.25, -0.2) is 0 Å². The van der Waals surface area contributed by atoms with Gasteiger partial charge in [-0.2, -0.15) is 5.26 Å². The third kappa shape index (κ3) is 2.46. The van der Waals surface area contributed by atoms with E-state index in [0.29, 0.717) is 18.4 Å². The van der Waals surface area contributed by atoms with Gasteiger partial charge in [0.2, 0.25) is 0 Å². The third-order valence-electron chi connectivity index (χ3n) is 2.82. The summed E-state index contributed by atoms with van der Waals surface area (Å²) < 4.78 is 0. The fourth-order valence-electron chi connectivity index (χ4n) is 1.98. The first kappa shape index (κ1) is 12.1. The van der Waals surface area contributed by atoms with Gasteiger partial charge in [-0.05, 0) is 24.5 Å². The Balaban J connectivity index is 2.39. The number of nitrogens with zero attached hydrogens (tertiary/aromatic N) is 2. The van der Waals surface area contributed by atoms with Gasteiger partial charge >= 0.3 is 5.97 Å². The molecule has 1 heterocycles. The molecule has 0 saturated carbocycles. The number of nitriles is 1. The zero-order chi connectivity index (χ0) is 13.0. The molecule has 4 heteroatoms. The fourth-order valence-corrected chi connectivity index (χ4v) is 1.98. The van der Waals surface area contributed by atoms with Crippen molar-refractivity contribution < 1.29 is 9.90 Å². The van der Waals surface area contributed by atoms with Crippen molar-refractivity contribution in [3.8, 4) is 6.07 Å². The number of fused-ring (bicyclic) bond motifs is 1. The number of hydrogen-bond donors (Lipinski definition) is 1. The summed E-state index contributed by atoms with van der Waals surface area (Å²) >= 11 is 0. The number of carbonyl (C=O) groups is 1. The fraction of sp³-hybridized carbons (Fsp3) is 0.214. The van der Waals surface area contributed by atoms with Crippen LogP contribution in [-0.4, -0.2) is 16.1 Å². The molecule has 1 N–H and O–H groups in total. The molecule has 1 aromatic heterocycles. The topological polar surface area (TPSA) is 74.0 Å². The number of benzene rings is 1. The molecular weight excluding hydrogens is 228 g/mol. The summed E-state index contributed by atoms with van der Waals surface area (Å²) in [6, 6.07) is 9.70. The molecule has 18 heavy (non-hydrogen) atoms. The normalized spacial score (nSPS) is 10.2. The number of carboxylic acids is 1. The van der Waals surface area contributed by atoms with Gasteiger partial charge in [0.15, 0.2) is 0 Å². The number of para-hydroxylation sites is 1. The molecule has 0 unspecified atom stereocenters. The van der Waals surface area contributed by atoms with Crippen molar-refractivity contribution in [3.05, 3.63) is 41.6 Å². The SMILES string of the molecule is N#Cc1cnc2ccccc2c1CCCC(=O)O. The summed E-state index contributed by atoms with van der Waals surface area (Å²) in [7, 11) is 0. The molecule has 0 saturated heterocycles. The molecule has 0 fully saturated rings. The molecule has 4 nitrogen and oxygen atoms in total. The molecule has 0 bridgehead atoms. The molecule has 0 spiro atoms. The summed E-state index contributed by atoms with van der Waals surface area (Å²) in [5, 5.41) is 18.7. The summed E-state index contributed by atoms with van der Waals surface area (Å²) in [5.74, 6) is -0.813. The maximum atomic E-state index is 10.5. The number of aromatic nitrogens is 1. The Bertz CT molecular complexity index is 629. The Morgan fingerprint density at radius 2 is 2.17 bits per heavy atom. The lowest BCUT2D eigenvalue weighted by molar-refractivity contribution is -0.137. The Hall–Kier alpha value is -2.41. The van der Waals surface area contributed by atoms with Crippen LogP contribution in [0.5, 0.6) is 0 Å². The van der Waals surface area contributed by atoms with Gasteiger partial charge < -0.3 is 5.11 Å². The van der Waals surface area contributed by atoms with Crippen LogP contribution >= 0.6 is 0 Å². The van der Waals surface area contributed by atoms with Gasteiger partial charge in [0.1, 0.15) is 6.07 Å². The van der Waals surface area contributed by atoms with Crippen LogP contribution in [0.15, 0.2) is 30.5 Å². The summed E-state index contributed by atoms with van der Waals surface area (Å²) in [4.78, 5) is 14.7. The first-order chi connectivity index (χ1) is 8.72. The van der Waals surface area contributed by atoms with Crippen molar-refractivity contribution in [2.75, 3.05) is 0 Å². The maximum absolute atomic E-state index is 10.5. The minimum atomic E-state index is -0.813. The Kier molecular flexibility index (Phi) is 3.54. The zero-order valence-corrected chi connectivity index (χ0v) is 9.76. The Morgan fingerprint density at radius 3 is 2.89 bits per heavy atom. The molecule has 0 aliphatic heterocycles. The second-order valence-corrected chi connectivity index (χ2v) is 4.03. The van der Waals surface area contributed by atoms with Gasteiger partial charge in [-0.1, -0.05) is 18.2 Å². The first-order valence-corrected chi connectivity index (χ1v) is 5.71. The van der Waals surface area contributed by atoms with Crippen molar-refractivity contribution >= 4 is 16.9 Å². The largest absolute Gasteiger partial charge is 0.481 e. The Morgan fingerprint density at radius 1 is 1.39 bits per heavy atom. The van der Waals surface area contributed by atoms with E-state index in [1.807, 2.05) is 24.3 Å². The standard InChI is InChI=1S/C14H12N2O2/c15-8-10-9-16-13-6-2-1-4-12(13)11(10)5-3-7-14(17)18/h1-2,4,6,9H,3,5,7H2,(H,17,18). The van der Waals surface area contributed by atoms with E-state index in [1.165, 1.54) is 0 Å². The molecule has 0 atom stereocenters. The number of aryl methyl sites for hydroxylation is 1. The molecule has 0 radical (unpaired) electrons. The van der Waals surface area contributed by atoms with E-state index in [-0.39, 0.29) is 6.42 Å². The van der Waals surface area contributed by atoms with Crippen molar-refractivity contribution in [2.24, 2.45) is 0 Å². The molecule has 2 aromatic rings. The maximum Gasteiger partial charge on any atom is 0.303 e. The van der Waals surface area contributed by atoms with Crippen molar-refractivity contribution in [1.82, 2.24) is 4.98 Å². The van der Waals surface area contributed by atoms with E-state index in [1.54, 1.807) is 6.20 Å². The zero-order valence-electron chi connectivity index (χ0n) is 9.76. The predicted molar refractivity (Wildman–Crippen MR) is 67.0 cm³/mol. The summed E-state index contributed by atoms with van der Waals surface area (Å²) in [6.07, 6.45) is 2.77. The van der Waals surface area contributed by atoms with Crippen LogP contribution in [-0.2, 0) is 11.2 Å². The molecule has 0 aliphatic rings. The van der Waals surface area contributed by atoms with E-state index < -0.39 is 5.97 Å². The molecule has 0 aliphatic carbocycles. The highest BCUT2D eigenvalue weighted by atomic mass is 16.4. The van der Waals surface area contributed by atoms with Crippen LogP contribution in [0.4, 0.5) is 0 Å². The van der Waals surface area contributed by atoms with Crippen LogP contribution in [0.25, 0.3) is 10.9 Å². The van der Waals surface area contributed by atoms with Gasteiger partial charge in [0.25, 0.3) is 0 Å². The van der Waals surface area contributed by atoms with E-state index >= 15 is 0 Å². The van der Waals surface area contributed by atoms with E-state index in [0.717, 1.165) is 16.5 Å². The minimum Gasteiger partial charge on any atom is -0.481 e. The van der Waals surface area contributed by atoms with E-state index in [2.05, 4.69) is 11.1 Å². The van der Waals surface area contributed by atoms with E-state index in [9.17, 15) is 4.79 Å². The van der Waals surface area contributed by atoms with Gasteiger partial charge in [0, 0.05) is 18.0 Å². The monoisotopic (exact) mass is 240 g/mol. The molecule has 0 amide bonds. The molecule has 90 valence electrons. The predicted octanol–water partition coefficient (Wildman–Crippen LogP) is 2.51. The van der Waals surface area contributed by atoms with Crippen LogP contribution in [0, 0.1) is 11.3 Å². The second kappa shape index (κ2) is 5.28. The number of rotatable bonds is 4. The summed E-state index contributed by atoms with van der Waals surface area (Å²) in [6.45, 7) is 0. The summed E-state index contributed by atoms with van der Waals surface area (Å²) in [5.41, 5.74) is 2.25. The highest BCUT2D eigenvalue weighted by Crippen LogP contribution is 2.21. The third-order valence-corrected chi connectivity index (χ3v) is 2.82. The van der Waals surface area contributed by atoms with Crippen LogP contribution in [0.2, 0.25) is 0 Å². The van der Waals surface area contributed by atoms with Crippen LogP contribution in [0.1, 0.15) is 24.0 Å². The van der Waals surface area contributed by atoms with Crippen molar-refractivity contribution in [1.29, 1.82) is 5.26 Å². The average molecular weight is 240 g/mol. The van der Waals surface area contributed by atoms with Crippen LogP contribution in [0.3, 0.4) is 0 Å². The lowest BCUT2D eigenvalue weighted by Gasteiger charge is -2.07. The van der Waals surface area contributed by atoms with Gasteiger partial charge in [-0.3, -0.25) is 9.78 Å². The average Bonchev–Trinajstić information content (AvgIpc) is 2.38. The van der Waals surface area contributed by atoms with Crippen LogP contribution < -0.4 is 0 Å². The number of pyridine rings is 1. The highest BCUT2D eigenvalue weighted by Gasteiger charge is 2.09. The minimum absolute atomic E-state index is 0.113. The van der Waals surface area contributed by atoms with Gasteiger partial charge in [-0.15, -0.1) is 0 Å². The lowest BCUT2D eigenvalue weighted by atomic mass is 9.99. The second-order valence-electron chi connectivity index (χ2n) is 4.03. The Labute approximate surface area is 105 Å². The number of aliphatic carboxylic acids is 1. The van der Waals surface area contributed by atoms with Crippen molar-refractivity contribution in [3.63, 3.8) is 0 Å². The van der Waals surface area contributed by atoms with Gasteiger partial charge in [0.05, 0.1) is 11.1 Å². The van der Waals surface area contributed by atoms with Crippen molar-refractivity contribution in [2.45, 2.75) is 19.3 Å². The molecule has 1 aromatic carbocycles. The molecular formula is C14H12N2O2. The first-order valence-electron chi connectivity index (χ1n) is 5.71. The lowest BCUT2D eigenvalue weighted by Crippen LogP contribution is -1.99.